The molecule has 0 aliphatic carbocycles. The third-order valence-corrected chi connectivity index (χ3v) is 5.65. The molecule has 0 unspecified atom stereocenters. The second-order valence-electron chi connectivity index (χ2n) is 6.65. The van der Waals surface area contributed by atoms with Gasteiger partial charge in [-0.15, -0.1) is 0 Å². The van der Waals surface area contributed by atoms with Gasteiger partial charge in [0, 0.05) is 31.5 Å². The molecule has 0 fully saturated rings. The van der Waals surface area contributed by atoms with Crippen molar-refractivity contribution in [3.8, 4) is 0 Å². The molecule has 0 saturated heterocycles. The Labute approximate surface area is 162 Å². The van der Waals surface area contributed by atoms with Crippen molar-refractivity contribution in [1.82, 2.24) is 9.47 Å². The summed E-state index contributed by atoms with van der Waals surface area (Å²) in [7, 11) is 0. The van der Waals surface area contributed by atoms with Crippen LogP contribution in [0.4, 0.5) is 4.39 Å². The smallest absolute Gasteiger partial charge is 0.123 e. The fourth-order valence-corrected chi connectivity index (χ4v) is 4.00. The molecule has 4 rings (SSSR count). The predicted octanol–water partition coefficient (Wildman–Crippen LogP) is 5.93. The molecule has 1 aromatic heterocycles. The zero-order valence-corrected chi connectivity index (χ0v) is 15.7. The van der Waals surface area contributed by atoms with E-state index in [0.717, 1.165) is 37.2 Å². The molecule has 5 heteroatoms. The van der Waals surface area contributed by atoms with E-state index >= 15 is 0 Å². The van der Waals surface area contributed by atoms with E-state index in [-0.39, 0.29) is 11.9 Å². The molecule has 0 spiro atoms. The number of rotatable bonds is 3. The Morgan fingerprint density at radius 1 is 0.962 bits per heavy atom. The van der Waals surface area contributed by atoms with Gasteiger partial charge in [0.1, 0.15) is 5.82 Å². The first-order valence-electron chi connectivity index (χ1n) is 8.70. The highest BCUT2D eigenvalue weighted by Crippen LogP contribution is 2.35. The number of aryl methyl sites for hydroxylation is 1. The van der Waals surface area contributed by atoms with Crippen LogP contribution in [0.2, 0.25) is 10.0 Å². The van der Waals surface area contributed by atoms with Crippen LogP contribution in [0.1, 0.15) is 29.3 Å². The Morgan fingerprint density at radius 3 is 2.54 bits per heavy atom. The van der Waals surface area contributed by atoms with Gasteiger partial charge in [-0.3, -0.25) is 4.90 Å². The van der Waals surface area contributed by atoms with Crippen molar-refractivity contribution in [2.45, 2.75) is 25.6 Å². The molecule has 1 aliphatic rings. The molecular formula is C21H19Cl2FN2. The molecule has 1 aliphatic heterocycles. The van der Waals surface area contributed by atoms with Crippen LogP contribution in [0, 0.1) is 5.82 Å². The van der Waals surface area contributed by atoms with Crippen molar-refractivity contribution in [3.05, 3.63) is 93.5 Å². The van der Waals surface area contributed by atoms with E-state index in [4.69, 9.17) is 23.2 Å². The predicted molar refractivity (Wildman–Crippen MR) is 104 cm³/mol. The van der Waals surface area contributed by atoms with Crippen LogP contribution >= 0.6 is 23.2 Å². The number of halogens is 3. The molecule has 2 nitrogen and oxygen atoms in total. The standard InChI is InChI=1S/C21H19Cl2FN2/c22-18-9-6-16(13-19(18)23)21-20-3-1-10-25(20)11-2-12-26(21)14-15-4-7-17(24)8-5-15/h1,3-10,13,21H,2,11-12,14H2/t21-/m1/s1. The lowest BCUT2D eigenvalue weighted by molar-refractivity contribution is 0.220. The van der Waals surface area contributed by atoms with Crippen LogP contribution in [-0.4, -0.2) is 16.0 Å². The Bertz CT molecular complexity index is 905. The summed E-state index contributed by atoms with van der Waals surface area (Å²) in [5, 5.41) is 1.12. The molecular weight excluding hydrogens is 370 g/mol. The van der Waals surface area contributed by atoms with E-state index in [1.807, 2.05) is 30.3 Å². The van der Waals surface area contributed by atoms with E-state index < -0.39 is 0 Å². The van der Waals surface area contributed by atoms with Crippen molar-refractivity contribution in [1.29, 1.82) is 0 Å². The van der Waals surface area contributed by atoms with Gasteiger partial charge in [-0.1, -0.05) is 41.4 Å². The van der Waals surface area contributed by atoms with Crippen molar-refractivity contribution >= 4 is 23.2 Å². The molecule has 0 N–H and O–H groups in total. The van der Waals surface area contributed by atoms with Crippen molar-refractivity contribution in [2.24, 2.45) is 0 Å². The van der Waals surface area contributed by atoms with Gasteiger partial charge >= 0.3 is 0 Å². The number of benzene rings is 2. The van der Waals surface area contributed by atoms with Crippen LogP contribution < -0.4 is 0 Å². The fraction of sp³-hybridized carbons (Fsp3) is 0.238. The minimum Gasteiger partial charge on any atom is -0.350 e. The molecule has 0 radical (unpaired) electrons. The Balaban J connectivity index is 1.75. The molecule has 2 heterocycles. The normalized spacial score (nSPS) is 17.7. The number of hydrogen-bond acceptors (Lipinski definition) is 1. The summed E-state index contributed by atoms with van der Waals surface area (Å²) in [6, 6.07) is 16.9. The van der Waals surface area contributed by atoms with E-state index in [1.54, 1.807) is 0 Å². The van der Waals surface area contributed by atoms with Gasteiger partial charge in [-0.2, -0.15) is 0 Å². The van der Waals surface area contributed by atoms with Crippen LogP contribution in [0.15, 0.2) is 60.8 Å². The quantitative estimate of drug-likeness (QED) is 0.539. The topological polar surface area (TPSA) is 8.17 Å². The summed E-state index contributed by atoms with van der Waals surface area (Å²) in [6.07, 6.45) is 3.18. The summed E-state index contributed by atoms with van der Waals surface area (Å²) in [5.41, 5.74) is 3.45. The van der Waals surface area contributed by atoms with E-state index in [1.165, 1.54) is 17.8 Å². The second kappa shape index (κ2) is 7.43. The number of nitrogens with zero attached hydrogens (tertiary/aromatic N) is 2. The van der Waals surface area contributed by atoms with E-state index in [0.29, 0.717) is 10.0 Å². The monoisotopic (exact) mass is 388 g/mol. The maximum atomic E-state index is 13.3. The van der Waals surface area contributed by atoms with Crippen LogP contribution in [0.25, 0.3) is 0 Å². The molecule has 26 heavy (non-hydrogen) atoms. The first-order valence-corrected chi connectivity index (χ1v) is 9.46. The van der Waals surface area contributed by atoms with Gasteiger partial charge in [0.2, 0.25) is 0 Å². The molecule has 1 atom stereocenters. The highest BCUT2D eigenvalue weighted by Gasteiger charge is 2.27. The van der Waals surface area contributed by atoms with Gasteiger partial charge in [0.15, 0.2) is 0 Å². The number of aromatic nitrogens is 1. The zero-order chi connectivity index (χ0) is 18.1. The molecule has 0 amide bonds. The summed E-state index contributed by atoms with van der Waals surface area (Å²) < 4.78 is 15.6. The van der Waals surface area contributed by atoms with Crippen molar-refractivity contribution in [2.75, 3.05) is 6.54 Å². The van der Waals surface area contributed by atoms with Crippen LogP contribution in [-0.2, 0) is 13.1 Å². The summed E-state index contributed by atoms with van der Waals surface area (Å²) in [6.45, 7) is 2.68. The minimum absolute atomic E-state index is 0.0762. The minimum atomic E-state index is -0.209. The van der Waals surface area contributed by atoms with Gasteiger partial charge in [0.05, 0.1) is 16.1 Å². The third kappa shape index (κ3) is 3.52. The summed E-state index contributed by atoms with van der Waals surface area (Å²) >= 11 is 12.4. The Kier molecular flexibility index (Phi) is 5.03. The maximum absolute atomic E-state index is 13.3. The Morgan fingerprint density at radius 2 is 1.77 bits per heavy atom. The summed E-state index contributed by atoms with van der Waals surface area (Å²) in [5.74, 6) is -0.209. The molecule has 3 aromatic rings. The second-order valence-corrected chi connectivity index (χ2v) is 7.47. The van der Waals surface area contributed by atoms with Gasteiger partial charge < -0.3 is 4.57 Å². The lowest BCUT2D eigenvalue weighted by Crippen LogP contribution is -2.29. The van der Waals surface area contributed by atoms with E-state index in [9.17, 15) is 4.39 Å². The maximum Gasteiger partial charge on any atom is 0.123 e. The van der Waals surface area contributed by atoms with Gasteiger partial charge in [0.25, 0.3) is 0 Å². The van der Waals surface area contributed by atoms with Gasteiger partial charge in [-0.05, 0) is 53.9 Å². The SMILES string of the molecule is Fc1ccc(CN2CCCn3cccc3[C@H]2c2ccc(Cl)c(Cl)c2)cc1. The summed E-state index contributed by atoms with van der Waals surface area (Å²) in [4.78, 5) is 2.42. The van der Waals surface area contributed by atoms with Gasteiger partial charge in [-0.25, -0.2) is 4.39 Å². The molecule has 134 valence electrons. The Hall–Kier alpha value is -1.81. The van der Waals surface area contributed by atoms with Crippen molar-refractivity contribution < 1.29 is 4.39 Å². The lowest BCUT2D eigenvalue weighted by atomic mass is 10.0. The van der Waals surface area contributed by atoms with Crippen LogP contribution in [0.5, 0.6) is 0 Å². The molecule has 0 bridgehead atoms. The largest absolute Gasteiger partial charge is 0.350 e. The first-order chi connectivity index (χ1) is 12.6. The van der Waals surface area contributed by atoms with E-state index in [2.05, 4.69) is 27.8 Å². The number of fused-ring (bicyclic) bond motifs is 1. The number of hydrogen-bond donors (Lipinski definition) is 0. The zero-order valence-electron chi connectivity index (χ0n) is 14.2. The highest BCUT2D eigenvalue weighted by atomic mass is 35.5. The lowest BCUT2D eigenvalue weighted by Gasteiger charge is -2.31. The average Bonchev–Trinajstić information content (AvgIpc) is 3.01. The third-order valence-electron chi connectivity index (χ3n) is 4.91. The molecule has 0 saturated carbocycles. The van der Waals surface area contributed by atoms with Crippen molar-refractivity contribution in [3.63, 3.8) is 0 Å². The fourth-order valence-electron chi connectivity index (χ4n) is 3.70. The highest BCUT2D eigenvalue weighted by molar-refractivity contribution is 6.42. The first kappa shape index (κ1) is 17.6. The average molecular weight is 389 g/mol. The van der Waals surface area contributed by atoms with Crippen LogP contribution in [0.3, 0.4) is 0 Å². The molecule has 2 aromatic carbocycles.